The van der Waals surface area contributed by atoms with Gasteiger partial charge in [0.15, 0.2) is 5.96 Å². The molecule has 0 bridgehead atoms. The fourth-order valence-electron chi connectivity index (χ4n) is 2.97. The van der Waals surface area contributed by atoms with Crippen LogP contribution >= 0.6 is 24.0 Å². The van der Waals surface area contributed by atoms with Crippen LogP contribution in [0.25, 0.3) is 0 Å². The van der Waals surface area contributed by atoms with Crippen LogP contribution in [0.5, 0.6) is 0 Å². The summed E-state index contributed by atoms with van der Waals surface area (Å²) in [6.07, 6.45) is 4.79. The lowest BCUT2D eigenvalue weighted by Crippen LogP contribution is -2.49. The van der Waals surface area contributed by atoms with Crippen molar-refractivity contribution in [3.8, 4) is 0 Å². The third kappa shape index (κ3) is 9.05. The van der Waals surface area contributed by atoms with Crippen molar-refractivity contribution in [2.24, 2.45) is 4.99 Å². The summed E-state index contributed by atoms with van der Waals surface area (Å²) in [5.41, 5.74) is 1.23. The highest BCUT2D eigenvalue weighted by molar-refractivity contribution is 14.0. The number of furan rings is 1. The van der Waals surface area contributed by atoms with Gasteiger partial charge in [-0.25, -0.2) is 0 Å². The number of ether oxygens (including phenoxy) is 1. The number of hydrogen-bond donors (Lipinski definition) is 2. The van der Waals surface area contributed by atoms with Crippen LogP contribution in [-0.4, -0.2) is 63.3 Å². The van der Waals surface area contributed by atoms with Gasteiger partial charge in [0.2, 0.25) is 0 Å². The van der Waals surface area contributed by atoms with Crippen LogP contribution in [0.4, 0.5) is 0 Å². The van der Waals surface area contributed by atoms with Gasteiger partial charge in [0, 0.05) is 45.8 Å². The molecule has 2 heterocycles. The Bertz CT molecular complexity index is 526. The minimum Gasteiger partial charge on any atom is -0.469 e. The Labute approximate surface area is 174 Å². The lowest BCUT2D eigenvalue weighted by atomic mass is 10.0. The third-order valence-electron chi connectivity index (χ3n) is 4.23. The van der Waals surface area contributed by atoms with E-state index < -0.39 is 0 Å². The van der Waals surface area contributed by atoms with Gasteiger partial charge in [-0.3, -0.25) is 9.89 Å². The Kier molecular flexibility index (Phi) is 11.6. The van der Waals surface area contributed by atoms with Crippen molar-refractivity contribution >= 4 is 29.9 Å². The number of guanidine groups is 1. The second-order valence-electron chi connectivity index (χ2n) is 6.63. The summed E-state index contributed by atoms with van der Waals surface area (Å²) in [4.78, 5) is 7.07. The second-order valence-corrected chi connectivity index (χ2v) is 6.63. The summed E-state index contributed by atoms with van der Waals surface area (Å²) in [7, 11) is 1.70. The molecule has 148 valence electrons. The SMILES string of the molecule is C=C(C)CN1CCC(NC(=NCCOC)NCCc2ccco2)CC1.I. The Balaban J connectivity index is 0.00000338. The summed E-state index contributed by atoms with van der Waals surface area (Å²) < 4.78 is 10.5. The van der Waals surface area contributed by atoms with Crippen molar-refractivity contribution in [1.29, 1.82) is 0 Å². The van der Waals surface area contributed by atoms with Crippen LogP contribution in [0.3, 0.4) is 0 Å². The number of nitrogens with one attached hydrogen (secondary N) is 2. The maximum absolute atomic E-state index is 5.37. The van der Waals surface area contributed by atoms with Gasteiger partial charge in [0.25, 0.3) is 0 Å². The molecule has 2 N–H and O–H groups in total. The molecule has 0 amide bonds. The molecule has 1 saturated heterocycles. The average Bonchev–Trinajstić information content (AvgIpc) is 3.09. The van der Waals surface area contributed by atoms with Gasteiger partial charge in [-0.2, -0.15) is 0 Å². The van der Waals surface area contributed by atoms with E-state index in [0.29, 0.717) is 19.2 Å². The van der Waals surface area contributed by atoms with E-state index in [4.69, 9.17) is 9.15 Å². The molecule has 6 nitrogen and oxygen atoms in total. The minimum absolute atomic E-state index is 0. The van der Waals surface area contributed by atoms with Gasteiger partial charge in [0.05, 0.1) is 19.4 Å². The summed E-state index contributed by atoms with van der Waals surface area (Å²) in [5.74, 6) is 1.85. The first kappa shape index (κ1) is 23.0. The van der Waals surface area contributed by atoms with Crippen LogP contribution < -0.4 is 10.6 Å². The number of nitrogens with zero attached hydrogens (tertiary/aromatic N) is 2. The molecule has 26 heavy (non-hydrogen) atoms. The van der Waals surface area contributed by atoms with Crippen molar-refractivity contribution in [3.05, 3.63) is 36.3 Å². The molecule has 0 radical (unpaired) electrons. The fraction of sp³-hybridized carbons (Fsp3) is 0.632. The van der Waals surface area contributed by atoms with Crippen LogP contribution in [0.15, 0.2) is 40.0 Å². The molecular weight excluding hydrogens is 443 g/mol. The lowest BCUT2D eigenvalue weighted by Gasteiger charge is -2.33. The van der Waals surface area contributed by atoms with E-state index >= 15 is 0 Å². The molecule has 0 aliphatic carbocycles. The smallest absolute Gasteiger partial charge is 0.191 e. The van der Waals surface area contributed by atoms with E-state index in [-0.39, 0.29) is 24.0 Å². The van der Waals surface area contributed by atoms with E-state index in [1.807, 2.05) is 12.1 Å². The molecule has 7 heteroatoms. The number of likely N-dealkylation sites (tertiary alicyclic amines) is 1. The number of aliphatic imine (C=N–C) groups is 1. The zero-order valence-corrected chi connectivity index (χ0v) is 18.3. The molecule has 0 aromatic carbocycles. The third-order valence-corrected chi connectivity index (χ3v) is 4.23. The molecule has 0 unspecified atom stereocenters. The van der Waals surface area contributed by atoms with E-state index in [0.717, 1.165) is 57.2 Å². The summed E-state index contributed by atoms with van der Waals surface area (Å²) >= 11 is 0. The zero-order valence-electron chi connectivity index (χ0n) is 16.0. The molecule has 2 rings (SSSR count). The van der Waals surface area contributed by atoms with Gasteiger partial charge in [-0.15, -0.1) is 24.0 Å². The summed E-state index contributed by atoms with van der Waals surface area (Å²) in [6.45, 7) is 11.4. The molecule has 1 fully saturated rings. The van der Waals surface area contributed by atoms with Crippen LogP contribution in [0, 0.1) is 0 Å². The second kappa shape index (κ2) is 13.2. The van der Waals surface area contributed by atoms with Gasteiger partial charge >= 0.3 is 0 Å². The topological polar surface area (TPSA) is 62.0 Å². The number of hydrogen-bond acceptors (Lipinski definition) is 4. The maximum atomic E-state index is 5.37. The first-order chi connectivity index (χ1) is 12.2. The summed E-state index contributed by atoms with van der Waals surface area (Å²) in [5, 5.41) is 6.98. The number of rotatable bonds is 9. The molecule has 1 aliphatic rings. The molecule has 0 spiro atoms. The van der Waals surface area contributed by atoms with Gasteiger partial charge in [0.1, 0.15) is 5.76 Å². The normalized spacial score (nSPS) is 16.2. The number of halogens is 1. The standard InChI is InChI=1S/C19H32N4O2.HI/c1-16(2)15-23-11-7-17(8-12-23)22-19(21-10-14-24-3)20-9-6-18-5-4-13-25-18;/h4-5,13,17H,1,6-12,14-15H2,2-3H3,(H2,20,21,22);1H. The van der Waals surface area contributed by atoms with Crippen LogP contribution in [0.2, 0.25) is 0 Å². The fourth-order valence-corrected chi connectivity index (χ4v) is 2.97. The highest BCUT2D eigenvalue weighted by Gasteiger charge is 2.19. The Hall–Kier alpha value is -1.06. The van der Waals surface area contributed by atoms with Gasteiger partial charge < -0.3 is 19.8 Å². The Morgan fingerprint density at radius 1 is 1.42 bits per heavy atom. The molecule has 1 aromatic rings. The predicted octanol–water partition coefficient (Wildman–Crippen LogP) is 2.66. The van der Waals surface area contributed by atoms with Crippen molar-refractivity contribution in [2.45, 2.75) is 32.2 Å². The van der Waals surface area contributed by atoms with Crippen LogP contribution in [0.1, 0.15) is 25.5 Å². The lowest BCUT2D eigenvalue weighted by molar-refractivity contribution is 0.207. The maximum Gasteiger partial charge on any atom is 0.191 e. The van der Waals surface area contributed by atoms with E-state index in [1.54, 1.807) is 13.4 Å². The highest BCUT2D eigenvalue weighted by Crippen LogP contribution is 2.11. The summed E-state index contributed by atoms with van der Waals surface area (Å²) in [6, 6.07) is 4.37. The number of methoxy groups -OCH3 is 1. The monoisotopic (exact) mass is 476 g/mol. The van der Waals surface area contributed by atoms with Crippen molar-refractivity contribution in [3.63, 3.8) is 0 Å². The van der Waals surface area contributed by atoms with Crippen molar-refractivity contribution in [1.82, 2.24) is 15.5 Å². The minimum atomic E-state index is 0. The Morgan fingerprint density at radius 3 is 2.81 bits per heavy atom. The van der Waals surface area contributed by atoms with E-state index in [9.17, 15) is 0 Å². The molecule has 0 saturated carbocycles. The molecule has 1 aromatic heterocycles. The van der Waals surface area contributed by atoms with E-state index in [2.05, 4.69) is 34.0 Å². The Morgan fingerprint density at radius 2 is 2.19 bits per heavy atom. The largest absolute Gasteiger partial charge is 0.469 e. The molecule has 1 aliphatic heterocycles. The van der Waals surface area contributed by atoms with Gasteiger partial charge in [-0.05, 0) is 31.9 Å². The van der Waals surface area contributed by atoms with Crippen molar-refractivity contribution < 1.29 is 9.15 Å². The first-order valence-electron chi connectivity index (χ1n) is 9.10. The number of piperidine rings is 1. The first-order valence-corrected chi connectivity index (χ1v) is 9.10. The average molecular weight is 476 g/mol. The zero-order chi connectivity index (χ0) is 17.9. The highest BCUT2D eigenvalue weighted by atomic mass is 127. The quantitative estimate of drug-likeness (QED) is 0.189. The predicted molar refractivity (Wildman–Crippen MR) is 117 cm³/mol. The van der Waals surface area contributed by atoms with Crippen LogP contribution in [-0.2, 0) is 11.2 Å². The molecule has 0 atom stereocenters. The van der Waals surface area contributed by atoms with Gasteiger partial charge in [-0.1, -0.05) is 12.2 Å². The van der Waals surface area contributed by atoms with E-state index in [1.165, 1.54) is 5.57 Å². The van der Waals surface area contributed by atoms with Crippen molar-refractivity contribution in [2.75, 3.05) is 46.4 Å². The molecular formula is C19H33IN4O2.